The van der Waals surface area contributed by atoms with Crippen LogP contribution >= 0.6 is 23.4 Å². The summed E-state index contributed by atoms with van der Waals surface area (Å²) in [5, 5.41) is 24.6. The van der Waals surface area contributed by atoms with E-state index in [-0.39, 0.29) is 51.2 Å². The van der Waals surface area contributed by atoms with E-state index in [0.717, 1.165) is 40.4 Å². The number of fused-ring (bicyclic) bond motifs is 1. The number of carbonyl (C=O) groups is 3. The van der Waals surface area contributed by atoms with Crippen LogP contribution in [0, 0.1) is 30.9 Å². The fourth-order valence-corrected chi connectivity index (χ4v) is 6.25. The zero-order valence-corrected chi connectivity index (χ0v) is 34.4. The SMILES string of the molecule is CCC(Oc1ccc(C)cc1C)C(=O)Nc1cc(Oc2ccc([N+](=O)[O-])cc2N(C)C(C)=O)c(C)c(Cl)c1O.CCCSCCOC(=O)c1ccc2c(c1)NNN2. The molecule has 17 heteroatoms. The second-order valence-corrected chi connectivity index (χ2v) is 14.6. The number of nitro groups is 1. The van der Waals surface area contributed by atoms with Gasteiger partial charge < -0.3 is 40.4 Å². The van der Waals surface area contributed by atoms with Gasteiger partial charge in [0.1, 0.15) is 18.1 Å². The Morgan fingerprint density at radius 2 is 1.68 bits per heavy atom. The number of aryl methyl sites for hydroxylation is 2. The van der Waals surface area contributed by atoms with Crippen molar-refractivity contribution in [2.24, 2.45) is 0 Å². The molecule has 0 spiro atoms. The van der Waals surface area contributed by atoms with Gasteiger partial charge in [-0.3, -0.25) is 19.7 Å². The van der Waals surface area contributed by atoms with Crippen LogP contribution in [0.4, 0.5) is 28.4 Å². The molecule has 0 radical (unpaired) electrons. The Hall–Kier alpha value is -5.71. The van der Waals surface area contributed by atoms with Crippen molar-refractivity contribution in [3.8, 4) is 23.0 Å². The minimum absolute atomic E-state index is 0.0170. The maximum atomic E-state index is 13.1. The van der Waals surface area contributed by atoms with Crippen molar-refractivity contribution in [1.29, 1.82) is 0 Å². The van der Waals surface area contributed by atoms with E-state index in [1.807, 2.05) is 32.0 Å². The van der Waals surface area contributed by atoms with Crippen molar-refractivity contribution in [2.75, 3.05) is 46.2 Å². The Labute approximate surface area is 340 Å². The first kappa shape index (κ1) is 44.0. The number of phenols is 1. The van der Waals surface area contributed by atoms with Crippen molar-refractivity contribution >= 4 is 69.6 Å². The van der Waals surface area contributed by atoms with Gasteiger partial charge >= 0.3 is 5.97 Å². The molecule has 4 aromatic carbocycles. The molecule has 304 valence electrons. The maximum absolute atomic E-state index is 13.1. The summed E-state index contributed by atoms with van der Waals surface area (Å²) in [5.41, 5.74) is 13.1. The molecular weight excluding hydrogens is 776 g/mol. The molecule has 57 heavy (non-hydrogen) atoms. The minimum atomic E-state index is -0.860. The number of ether oxygens (including phenoxy) is 3. The lowest BCUT2D eigenvalue weighted by atomic mass is 10.1. The highest BCUT2D eigenvalue weighted by molar-refractivity contribution is 7.99. The largest absolute Gasteiger partial charge is 0.504 e. The van der Waals surface area contributed by atoms with Gasteiger partial charge in [-0.2, -0.15) is 11.8 Å². The van der Waals surface area contributed by atoms with E-state index in [1.54, 1.807) is 43.8 Å². The summed E-state index contributed by atoms with van der Waals surface area (Å²) in [7, 11) is 1.46. The molecule has 5 rings (SSSR count). The van der Waals surface area contributed by atoms with Crippen molar-refractivity contribution < 1.29 is 38.6 Å². The van der Waals surface area contributed by atoms with Crippen LogP contribution in [-0.4, -0.2) is 59.1 Å². The van der Waals surface area contributed by atoms with Crippen LogP contribution in [-0.2, 0) is 14.3 Å². The van der Waals surface area contributed by atoms with Gasteiger partial charge in [0.25, 0.3) is 11.6 Å². The molecule has 0 saturated heterocycles. The van der Waals surface area contributed by atoms with Crippen LogP contribution in [0.2, 0.25) is 5.02 Å². The number of non-ortho nitro benzene ring substituents is 1. The highest BCUT2D eigenvalue weighted by Gasteiger charge is 2.25. The Morgan fingerprint density at radius 1 is 0.965 bits per heavy atom. The number of amides is 2. The van der Waals surface area contributed by atoms with Gasteiger partial charge in [-0.05, 0) is 75.3 Å². The summed E-state index contributed by atoms with van der Waals surface area (Å²) in [6.07, 6.45) is 0.641. The molecule has 1 heterocycles. The van der Waals surface area contributed by atoms with Crippen LogP contribution in [0.3, 0.4) is 0 Å². The number of carbonyl (C=O) groups excluding carboxylic acids is 3. The highest BCUT2D eigenvalue weighted by atomic mass is 35.5. The molecule has 1 aliphatic heterocycles. The molecule has 0 fully saturated rings. The van der Waals surface area contributed by atoms with Gasteiger partial charge in [0.2, 0.25) is 5.91 Å². The van der Waals surface area contributed by atoms with E-state index in [0.29, 0.717) is 29.9 Å². The zero-order chi connectivity index (χ0) is 41.8. The van der Waals surface area contributed by atoms with E-state index < -0.39 is 16.9 Å². The van der Waals surface area contributed by atoms with Gasteiger partial charge in [0, 0.05) is 43.5 Å². The zero-order valence-electron chi connectivity index (χ0n) is 32.8. The first-order chi connectivity index (χ1) is 27.1. The van der Waals surface area contributed by atoms with E-state index in [1.165, 1.54) is 43.1 Å². The van der Waals surface area contributed by atoms with Gasteiger partial charge in [-0.25, -0.2) is 4.79 Å². The third-order valence-corrected chi connectivity index (χ3v) is 10.2. The molecule has 0 aliphatic carbocycles. The highest BCUT2D eigenvalue weighted by Crippen LogP contribution is 2.44. The number of aromatic hydroxyl groups is 1. The van der Waals surface area contributed by atoms with E-state index >= 15 is 0 Å². The fourth-order valence-electron chi connectivity index (χ4n) is 5.36. The number of rotatable bonds is 15. The molecule has 4 aromatic rings. The van der Waals surface area contributed by atoms with Gasteiger partial charge in [-0.15, -0.1) is 5.53 Å². The first-order valence-electron chi connectivity index (χ1n) is 18.1. The molecule has 15 nitrogen and oxygen atoms in total. The number of thioether (sulfide) groups is 1. The molecule has 2 amide bonds. The summed E-state index contributed by atoms with van der Waals surface area (Å²) < 4.78 is 17.2. The van der Waals surface area contributed by atoms with E-state index in [2.05, 4.69) is 28.6 Å². The number of nitrogens with one attached hydrogen (secondary N) is 4. The molecule has 0 bridgehead atoms. The number of anilines is 4. The number of hydrogen-bond donors (Lipinski definition) is 5. The van der Waals surface area contributed by atoms with E-state index in [9.17, 15) is 29.6 Å². The third-order valence-electron chi connectivity index (χ3n) is 8.62. The summed E-state index contributed by atoms with van der Waals surface area (Å²) in [6.45, 7) is 11.2. The van der Waals surface area contributed by atoms with Crippen LogP contribution < -0.4 is 36.1 Å². The fraction of sp³-hybridized carbons (Fsp3) is 0.325. The molecule has 5 N–H and O–H groups in total. The topological polar surface area (TPSA) is 194 Å². The number of phenolic OH excluding ortho intramolecular Hbond substituents is 1. The van der Waals surface area contributed by atoms with Crippen molar-refractivity contribution in [2.45, 2.75) is 60.5 Å². The number of esters is 1. The van der Waals surface area contributed by atoms with Crippen LogP contribution in [0.25, 0.3) is 0 Å². The standard InChI is InChI=1S/C28H30ClN3O7.C12H17N3O2S/c1-7-22(38-23-10-8-15(2)12-16(23)3)28(35)30-20-14-25(17(4)26(29)27(20)34)39-24-11-9-19(32(36)37)13-21(24)31(6)18(5)33;1-2-6-18-7-5-17-12(16)9-3-4-10-11(8-9)14-15-13-10/h8-14,22,34H,7H2,1-6H3,(H,30,35);3-4,8,13-15H,2,5-7H2,1H3. The second-order valence-electron chi connectivity index (χ2n) is 13.0. The predicted molar refractivity (Wildman–Crippen MR) is 224 cm³/mol. The summed E-state index contributed by atoms with van der Waals surface area (Å²) in [4.78, 5) is 48.8. The van der Waals surface area contributed by atoms with Gasteiger partial charge in [0.05, 0.1) is 38.3 Å². The lowest BCUT2D eigenvalue weighted by Gasteiger charge is -2.22. The van der Waals surface area contributed by atoms with Crippen LogP contribution in [0.15, 0.2) is 60.7 Å². The monoisotopic (exact) mass is 822 g/mol. The Kier molecular flexibility index (Phi) is 15.8. The molecule has 1 unspecified atom stereocenters. The number of benzene rings is 4. The van der Waals surface area contributed by atoms with Crippen molar-refractivity contribution in [3.05, 3.63) is 98.1 Å². The molecule has 0 aromatic heterocycles. The lowest BCUT2D eigenvalue weighted by Crippen LogP contribution is -2.32. The summed E-state index contributed by atoms with van der Waals surface area (Å²) in [5.74, 6) is 1.30. The Morgan fingerprint density at radius 3 is 2.35 bits per heavy atom. The molecule has 1 aliphatic rings. The third kappa shape index (κ3) is 11.7. The minimum Gasteiger partial charge on any atom is -0.504 e. The van der Waals surface area contributed by atoms with Gasteiger partial charge in [-0.1, -0.05) is 43.1 Å². The maximum Gasteiger partial charge on any atom is 0.338 e. The average Bonchev–Trinajstić information content (AvgIpc) is 3.66. The molecule has 0 saturated carbocycles. The number of nitrogens with zero attached hydrogens (tertiary/aromatic N) is 2. The smallest absolute Gasteiger partial charge is 0.338 e. The van der Waals surface area contributed by atoms with Crippen LogP contribution in [0.1, 0.15) is 60.7 Å². The number of nitro benzene ring substituents is 1. The first-order valence-corrected chi connectivity index (χ1v) is 19.6. The van der Waals surface area contributed by atoms with E-state index in [4.69, 9.17) is 25.8 Å². The normalized spacial score (nSPS) is 11.8. The average molecular weight is 823 g/mol. The number of hydrogen-bond acceptors (Lipinski definition) is 13. The summed E-state index contributed by atoms with van der Waals surface area (Å²) in [6, 6.07) is 16.2. The Balaban J connectivity index is 0.000000332. The Bertz CT molecular complexity index is 2120. The second kappa shape index (κ2) is 20.5. The lowest BCUT2D eigenvalue weighted by molar-refractivity contribution is -0.384. The number of hydrazine groups is 2. The number of halogens is 1. The van der Waals surface area contributed by atoms with Crippen LogP contribution in [0.5, 0.6) is 23.0 Å². The summed E-state index contributed by atoms with van der Waals surface area (Å²) >= 11 is 8.17. The van der Waals surface area contributed by atoms with Gasteiger partial charge in [0.15, 0.2) is 17.6 Å². The van der Waals surface area contributed by atoms with Crippen molar-refractivity contribution in [1.82, 2.24) is 5.53 Å². The molecular formula is C40H47ClN6O9S. The molecule has 1 atom stereocenters. The quantitative estimate of drug-likeness (QED) is 0.0252. The van der Waals surface area contributed by atoms with Crippen molar-refractivity contribution in [3.63, 3.8) is 0 Å². The predicted octanol–water partition coefficient (Wildman–Crippen LogP) is 8.69.